The number of nitrogens with one attached hydrogen (secondary N) is 3. The molecule has 0 aromatic rings. The summed E-state index contributed by atoms with van der Waals surface area (Å²) >= 11 is 0. The number of rotatable bonds is 29. The van der Waals surface area contributed by atoms with Crippen LogP contribution in [0.15, 0.2) is 0 Å². The summed E-state index contributed by atoms with van der Waals surface area (Å²) in [5.41, 5.74) is 23.7. The van der Waals surface area contributed by atoms with E-state index in [1.54, 1.807) is 0 Å². The van der Waals surface area contributed by atoms with Gasteiger partial charge in [0.25, 0.3) is 0 Å². The van der Waals surface area contributed by atoms with Gasteiger partial charge in [-0.15, -0.1) is 0 Å². The Kier molecular flexibility index (Phi) is 26.7. The molecule has 11 N–H and O–H groups in total. The summed E-state index contributed by atoms with van der Waals surface area (Å²) in [5.74, 6) is 0.749. The lowest BCUT2D eigenvalue weighted by Gasteiger charge is -2.20. The predicted molar refractivity (Wildman–Crippen MR) is 169 cm³/mol. The van der Waals surface area contributed by atoms with Crippen molar-refractivity contribution >= 4 is 0 Å². The summed E-state index contributed by atoms with van der Waals surface area (Å²) in [7, 11) is 0. The van der Waals surface area contributed by atoms with E-state index in [1.807, 2.05) is 0 Å². The van der Waals surface area contributed by atoms with Crippen molar-refractivity contribution in [2.75, 3.05) is 32.7 Å². The van der Waals surface area contributed by atoms with Gasteiger partial charge in [-0.3, -0.25) is 0 Å². The van der Waals surface area contributed by atoms with Crippen LogP contribution in [0.1, 0.15) is 130 Å². The molecule has 0 saturated heterocycles. The Hall–Kier alpha value is -0.280. The van der Waals surface area contributed by atoms with Crippen molar-refractivity contribution in [2.45, 2.75) is 161 Å². The lowest BCUT2D eigenvalue weighted by molar-refractivity contribution is 0.375. The molecule has 0 amide bonds. The standard InChI is InChI=1S/C31H71N7/c1-26(32)13-7-5-6-8-17-31(38-24-20-29(4)35)18-9-10-21-37-25-30(15-11-14-27(2)33)16-12-22-36-23-19-28(3)34/h26-31,36-38H,5-25,32-35H2,1-4H3. The van der Waals surface area contributed by atoms with Crippen LogP contribution in [0.25, 0.3) is 0 Å². The summed E-state index contributed by atoms with van der Waals surface area (Å²) in [5, 5.41) is 11.1. The highest BCUT2D eigenvalue weighted by atomic mass is 14.9. The zero-order valence-corrected chi connectivity index (χ0v) is 26.1. The Bertz CT molecular complexity index is 429. The highest BCUT2D eigenvalue weighted by molar-refractivity contribution is 4.70. The minimum Gasteiger partial charge on any atom is -0.328 e. The fourth-order valence-electron chi connectivity index (χ4n) is 5.07. The van der Waals surface area contributed by atoms with Crippen LogP contribution in [0.5, 0.6) is 0 Å². The highest BCUT2D eigenvalue weighted by Crippen LogP contribution is 2.16. The molecule has 0 radical (unpaired) electrons. The van der Waals surface area contributed by atoms with Crippen molar-refractivity contribution < 1.29 is 0 Å². The Morgan fingerprint density at radius 3 is 1.55 bits per heavy atom. The molecule has 0 aromatic heterocycles. The molecule has 230 valence electrons. The van der Waals surface area contributed by atoms with E-state index in [9.17, 15) is 0 Å². The molecule has 0 saturated carbocycles. The van der Waals surface area contributed by atoms with E-state index >= 15 is 0 Å². The first kappa shape index (κ1) is 37.7. The van der Waals surface area contributed by atoms with Crippen molar-refractivity contribution in [3.63, 3.8) is 0 Å². The SMILES string of the molecule is CC(N)CCCCCCC(CCCCNCC(CCCNCCC(C)N)CCCC(C)N)NCCC(C)N. The highest BCUT2D eigenvalue weighted by Gasteiger charge is 2.11. The molecule has 6 unspecified atom stereocenters. The fraction of sp³-hybridized carbons (Fsp3) is 1.00. The van der Waals surface area contributed by atoms with Crippen LogP contribution in [-0.2, 0) is 0 Å². The van der Waals surface area contributed by atoms with Gasteiger partial charge in [-0.1, -0.05) is 38.5 Å². The largest absolute Gasteiger partial charge is 0.328 e. The predicted octanol–water partition coefficient (Wildman–Crippen LogP) is 4.37. The molecule has 0 aliphatic rings. The molecule has 0 bridgehead atoms. The van der Waals surface area contributed by atoms with Crippen LogP contribution in [0, 0.1) is 5.92 Å². The van der Waals surface area contributed by atoms with E-state index in [2.05, 4.69) is 43.6 Å². The quantitative estimate of drug-likeness (QED) is 0.0697. The minimum atomic E-state index is 0.275. The van der Waals surface area contributed by atoms with Gasteiger partial charge >= 0.3 is 0 Å². The zero-order chi connectivity index (χ0) is 28.4. The zero-order valence-electron chi connectivity index (χ0n) is 26.1. The summed E-state index contributed by atoms with van der Waals surface area (Å²) < 4.78 is 0. The summed E-state index contributed by atoms with van der Waals surface area (Å²) in [6, 6.07) is 1.84. The van der Waals surface area contributed by atoms with Gasteiger partial charge in [0.1, 0.15) is 0 Å². The van der Waals surface area contributed by atoms with Crippen LogP contribution in [0.3, 0.4) is 0 Å². The maximum atomic E-state index is 5.99. The van der Waals surface area contributed by atoms with E-state index in [-0.39, 0.29) is 12.1 Å². The number of hydrogen-bond acceptors (Lipinski definition) is 7. The number of unbranched alkanes of at least 4 members (excludes halogenated alkanes) is 4. The lowest BCUT2D eigenvalue weighted by Crippen LogP contribution is -2.33. The number of nitrogens with two attached hydrogens (primary N) is 4. The van der Waals surface area contributed by atoms with E-state index in [0.29, 0.717) is 18.1 Å². The summed E-state index contributed by atoms with van der Waals surface area (Å²) in [4.78, 5) is 0. The van der Waals surface area contributed by atoms with Crippen LogP contribution in [-0.4, -0.2) is 62.9 Å². The monoisotopic (exact) mass is 542 g/mol. The van der Waals surface area contributed by atoms with Gasteiger partial charge < -0.3 is 38.9 Å². The Morgan fingerprint density at radius 2 is 0.921 bits per heavy atom. The van der Waals surface area contributed by atoms with E-state index in [4.69, 9.17) is 22.9 Å². The van der Waals surface area contributed by atoms with Crippen LogP contribution in [0.2, 0.25) is 0 Å². The van der Waals surface area contributed by atoms with Gasteiger partial charge in [0, 0.05) is 30.2 Å². The minimum absolute atomic E-state index is 0.275. The third-order valence-corrected chi connectivity index (χ3v) is 7.60. The molecule has 7 nitrogen and oxygen atoms in total. The molecule has 6 atom stereocenters. The first-order valence-electron chi connectivity index (χ1n) is 16.4. The third-order valence-electron chi connectivity index (χ3n) is 7.60. The average Bonchev–Trinajstić information content (AvgIpc) is 2.83. The number of hydrogen-bond donors (Lipinski definition) is 7. The molecule has 0 fully saturated rings. The van der Waals surface area contributed by atoms with E-state index < -0.39 is 0 Å². The normalized spacial score (nSPS) is 16.7. The van der Waals surface area contributed by atoms with Crippen molar-refractivity contribution in [1.29, 1.82) is 0 Å². The molecule has 7 heteroatoms. The molecule has 0 aliphatic carbocycles. The molecule has 38 heavy (non-hydrogen) atoms. The molecule has 0 aliphatic heterocycles. The van der Waals surface area contributed by atoms with Crippen molar-refractivity contribution in [3.05, 3.63) is 0 Å². The van der Waals surface area contributed by atoms with Crippen LogP contribution < -0.4 is 38.9 Å². The lowest BCUT2D eigenvalue weighted by atomic mass is 9.95. The molecular weight excluding hydrogens is 470 g/mol. The van der Waals surface area contributed by atoms with Gasteiger partial charge in [-0.25, -0.2) is 0 Å². The first-order valence-corrected chi connectivity index (χ1v) is 16.4. The first-order chi connectivity index (χ1) is 18.2. The van der Waals surface area contributed by atoms with E-state index in [1.165, 1.54) is 77.0 Å². The van der Waals surface area contributed by atoms with Gasteiger partial charge in [0.05, 0.1) is 0 Å². The second-order valence-corrected chi connectivity index (χ2v) is 12.5. The molecule has 0 rings (SSSR count). The van der Waals surface area contributed by atoms with Gasteiger partial charge in [-0.05, 0) is 131 Å². The maximum absolute atomic E-state index is 5.99. The van der Waals surface area contributed by atoms with E-state index in [0.717, 1.165) is 64.3 Å². The second kappa shape index (κ2) is 26.9. The Balaban J connectivity index is 4.21. The van der Waals surface area contributed by atoms with Crippen molar-refractivity contribution in [2.24, 2.45) is 28.9 Å². The average molecular weight is 542 g/mol. The Labute approximate surface area is 238 Å². The second-order valence-electron chi connectivity index (χ2n) is 12.5. The van der Waals surface area contributed by atoms with Gasteiger partial charge in [0.15, 0.2) is 0 Å². The van der Waals surface area contributed by atoms with Crippen LogP contribution in [0.4, 0.5) is 0 Å². The van der Waals surface area contributed by atoms with Crippen molar-refractivity contribution in [3.8, 4) is 0 Å². The Morgan fingerprint density at radius 1 is 0.421 bits per heavy atom. The molecule has 0 spiro atoms. The third kappa shape index (κ3) is 28.7. The topological polar surface area (TPSA) is 140 Å². The molecule has 0 aromatic carbocycles. The summed E-state index contributed by atoms with van der Waals surface area (Å²) in [6.45, 7) is 13.8. The molecule has 0 heterocycles. The van der Waals surface area contributed by atoms with Crippen LogP contribution >= 0.6 is 0 Å². The smallest absolute Gasteiger partial charge is 0.00670 e. The van der Waals surface area contributed by atoms with Crippen molar-refractivity contribution in [1.82, 2.24) is 16.0 Å². The van der Waals surface area contributed by atoms with Gasteiger partial charge in [0.2, 0.25) is 0 Å². The fourth-order valence-corrected chi connectivity index (χ4v) is 5.07. The summed E-state index contributed by atoms with van der Waals surface area (Å²) in [6.07, 6.45) is 19.7. The molecular formula is C31H71N7. The van der Waals surface area contributed by atoms with Gasteiger partial charge in [-0.2, -0.15) is 0 Å². The maximum Gasteiger partial charge on any atom is 0.00670 e.